The van der Waals surface area contributed by atoms with Crippen molar-refractivity contribution in [3.8, 4) is 11.5 Å². The quantitative estimate of drug-likeness (QED) is 0.192. The van der Waals surface area contributed by atoms with Crippen molar-refractivity contribution in [1.82, 2.24) is 0 Å². The first-order chi connectivity index (χ1) is 20.3. The molecule has 0 saturated heterocycles. The zero-order chi connectivity index (χ0) is 27.3. The number of hydrogen-bond acceptors (Lipinski definition) is 3. The molecular weight excluding hydrogens is 567 g/mol. The van der Waals surface area contributed by atoms with Crippen LogP contribution in [0.2, 0.25) is 0 Å². The van der Waals surface area contributed by atoms with Crippen LogP contribution in [0.15, 0.2) is 150 Å². The van der Waals surface area contributed by atoms with Crippen molar-refractivity contribution in [3.63, 3.8) is 0 Å². The van der Waals surface area contributed by atoms with Gasteiger partial charge in [0.05, 0.1) is 5.69 Å². The molecule has 2 aliphatic heterocycles. The molecule has 2 aliphatic rings. The Morgan fingerprint density at radius 3 is 1.88 bits per heavy atom. The number of fused-ring (bicyclic) bond motifs is 4. The molecule has 0 unspecified atom stereocenters. The molecule has 0 radical (unpaired) electrons. The van der Waals surface area contributed by atoms with E-state index in [1.54, 1.807) is 0 Å². The normalized spacial score (nSPS) is 12.6. The lowest BCUT2D eigenvalue weighted by Gasteiger charge is -2.41. The minimum absolute atomic E-state index is 0.0494. The van der Waals surface area contributed by atoms with Crippen molar-refractivity contribution >= 4 is 73.2 Å². The molecule has 5 heteroatoms. The summed E-state index contributed by atoms with van der Waals surface area (Å²) in [7, 11) is 0. The number of anilines is 6. The summed E-state index contributed by atoms with van der Waals surface area (Å²) in [6.07, 6.45) is 0. The molecule has 3 nitrogen and oxygen atoms in total. The van der Waals surface area contributed by atoms with Crippen molar-refractivity contribution in [1.29, 1.82) is 0 Å². The molecule has 0 spiro atoms. The molecule has 6 aromatic carbocycles. The Balaban J connectivity index is 1.45. The van der Waals surface area contributed by atoms with Crippen LogP contribution in [0.25, 0.3) is 0 Å². The van der Waals surface area contributed by atoms with Gasteiger partial charge >= 0.3 is 0 Å². The van der Waals surface area contributed by atoms with Gasteiger partial charge in [0.25, 0.3) is 6.71 Å². The van der Waals surface area contributed by atoms with Gasteiger partial charge in [-0.25, -0.2) is 0 Å². The first-order valence-electron chi connectivity index (χ1n) is 13.8. The number of hydrogen-bond donors (Lipinski definition) is 0. The van der Waals surface area contributed by atoms with E-state index in [9.17, 15) is 0 Å². The third kappa shape index (κ3) is 3.96. The van der Waals surface area contributed by atoms with E-state index in [4.69, 9.17) is 4.74 Å². The Labute approximate surface area is 248 Å². The lowest BCUT2D eigenvalue weighted by molar-refractivity contribution is 0.487. The summed E-state index contributed by atoms with van der Waals surface area (Å²) in [5.74, 6) is 1.78. The Bertz CT molecular complexity index is 1860. The summed E-state index contributed by atoms with van der Waals surface area (Å²) in [5.41, 5.74) is 10.2. The lowest BCUT2D eigenvalue weighted by atomic mass is 9.34. The fourth-order valence-corrected chi connectivity index (χ4v) is 6.62. The van der Waals surface area contributed by atoms with E-state index in [-0.39, 0.29) is 6.71 Å². The second-order valence-corrected chi connectivity index (χ2v) is 11.2. The van der Waals surface area contributed by atoms with Gasteiger partial charge in [0.1, 0.15) is 11.5 Å². The van der Waals surface area contributed by atoms with Crippen molar-refractivity contribution in [2.24, 2.45) is 0 Å². The average molecular weight is 591 g/mol. The van der Waals surface area contributed by atoms with Crippen LogP contribution in [0.3, 0.4) is 0 Å². The van der Waals surface area contributed by atoms with Gasteiger partial charge < -0.3 is 14.5 Å². The summed E-state index contributed by atoms with van der Waals surface area (Å²) in [6, 6.07) is 51.3. The zero-order valence-electron chi connectivity index (χ0n) is 22.1. The maximum Gasteiger partial charge on any atom is 0.256 e. The molecule has 0 aliphatic carbocycles. The summed E-state index contributed by atoms with van der Waals surface area (Å²) < 4.78 is 7.82. The van der Waals surface area contributed by atoms with Gasteiger partial charge in [-0.15, -0.1) is 0 Å². The van der Waals surface area contributed by atoms with Gasteiger partial charge in [-0.3, -0.25) is 0 Å². The molecule has 0 aromatic heterocycles. The minimum Gasteiger partial charge on any atom is -0.458 e. The number of rotatable bonds is 4. The molecule has 0 atom stereocenters. The molecule has 41 heavy (non-hydrogen) atoms. The Kier molecular flexibility index (Phi) is 5.71. The van der Waals surface area contributed by atoms with Crippen LogP contribution in [0, 0.1) is 0 Å². The highest BCUT2D eigenvalue weighted by Gasteiger charge is 2.42. The molecule has 0 saturated carbocycles. The monoisotopic (exact) mass is 590 g/mol. The van der Waals surface area contributed by atoms with E-state index in [1.807, 2.05) is 0 Å². The maximum atomic E-state index is 6.75. The van der Waals surface area contributed by atoms with Gasteiger partial charge in [0, 0.05) is 39.0 Å². The van der Waals surface area contributed by atoms with E-state index in [2.05, 4.69) is 171 Å². The van der Waals surface area contributed by atoms with E-state index in [0.29, 0.717) is 0 Å². The van der Waals surface area contributed by atoms with Crippen LogP contribution in [0.4, 0.5) is 34.1 Å². The second kappa shape index (κ2) is 9.72. The first-order valence-corrected chi connectivity index (χ1v) is 14.6. The number of benzene rings is 6. The fourth-order valence-electron chi connectivity index (χ4n) is 6.24. The summed E-state index contributed by atoms with van der Waals surface area (Å²) >= 11 is 3.77. The smallest absolute Gasteiger partial charge is 0.256 e. The standard InChI is InChI=1S/C36H24BBrN2O/c38-25-20-21-32-31(22-25)37-30-18-10-11-19-34(30)41-35-24-29(23-33(36(35)37)40(32)28-16-8-3-9-17-28)39(26-12-4-1-5-13-26)27-14-6-2-7-15-27/h1-24H. The number of halogens is 1. The van der Waals surface area contributed by atoms with Crippen molar-refractivity contribution in [2.75, 3.05) is 9.80 Å². The summed E-state index contributed by atoms with van der Waals surface area (Å²) in [6.45, 7) is 0.0494. The van der Waals surface area contributed by atoms with Crippen LogP contribution in [-0.2, 0) is 0 Å². The molecule has 194 valence electrons. The van der Waals surface area contributed by atoms with Crippen molar-refractivity contribution < 1.29 is 4.74 Å². The number of nitrogens with zero attached hydrogens (tertiary/aromatic N) is 2. The van der Waals surface area contributed by atoms with Crippen molar-refractivity contribution in [3.05, 3.63) is 150 Å². The molecule has 0 fully saturated rings. The molecule has 6 aromatic rings. The summed E-state index contributed by atoms with van der Waals surface area (Å²) in [4.78, 5) is 4.68. The van der Waals surface area contributed by atoms with Gasteiger partial charge in [-0.2, -0.15) is 0 Å². The van der Waals surface area contributed by atoms with Crippen LogP contribution < -0.4 is 30.9 Å². The number of ether oxygens (including phenoxy) is 1. The van der Waals surface area contributed by atoms with E-state index in [0.717, 1.165) is 44.4 Å². The molecule has 2 heterocycles. The molecule has 8 rings (SSSR count). The molecule has 0 N–H and O–H groups in total. The molecular formula is C36H24BBrN2O. The molecule has 0 amide bonds. The van der Waals surface area contributed by atoms with E-state index < -0.39 is 0 Å². The lowest BCUT2D eigenvalue weighted by Crippen LogP contribution is -2.59. The number of para-hydroxylation sites is 4. The van der Waals surface area contributed by atoms with Crippen LogP contribution in [0.1, 0.15) is 0 Å². The maximum absolute atomic E-state index is 6.75. The topological polar surface area (TPSA) is 15.7 Å². The first kappa shape index (κ1) is 24.1. The third-order valence-corrected chi connectivity index (χ3v) is 8.42. The Morgan fingerprint density at radius 1 is 0.537 bits per heavy atom. The zero-order valence-corrected chi connectivity index (χ0v) is 23.7. The predicted molar refractivity (Wildman–Crippen MR) is 175 cm³/mol. The van der Waals surface area contributed by atoms with Gasteiger partial charge in [0.15, 0.2) is 0 Å². The van der Waals surface area contributed by atoms with Crippen LogP contribution >= 0.6 is 15.9 Å². The van der Waals surface area contributed by atoms with E-state index >= 15 is 0 Å². The predicted octanol–water partition coefficient (Wildman–Crippen LogP) is 8.32. The average Bonchev–Trinajstić information content (AvgIpc) is 3.02. The van der Waals surface area contributed by atoms with Gasteiger partial charge in [-0.05, 0) is 77.1 Å². The van der Waals surface area contributed by atoms with E-state index in [1.165, 1.54) is 22.1 Å². The highest BCUT2D eigenvalue weighted by atomic mass is 79.9. The Morgan fingerprint density at radius 2 is 1.17 bits per heavy atom. The van der Waals surface area contributed by atoms with Gasteiger partial charge in [0.2, 0.25) is 0 Å². The van der Waals surface area contributed by atoms with Crippen molar-refractivity contribution in [2.45, 2.75) is 0 Å². The van der Waals surface area contributed by atoms with Crippen LogP contribution in [0.5, 0.6) is 11.5 Å². The highest BCUT2D eigenvalue weighted by molar-refractivity contribution is 9.10. The van der Waals surface area contributed by atoms with Crippen LogP contribution in [-0.4, -0.2) is 6.71 Å². The highest BCUT2D eigenvalue weighted by Crippen LogP contribution is 2.45. The third-order valence-electron chi connectivity index (χ3n) is 7.93. The fraction of sp³-hybridized carbons (Fsp3) is 0. The SMILES string of the molecule is Brc1ccc2c(c1)B1c3ccccc3Oc3cc(N(c4ccccc4)c4ccccc4)cc(c31)N2c1ccccc1. The Hall–Kier alpha value is -4.74. The summed E-state index contributed by atoms with van der Waals surface area (Å²) in [5, 5.41) is 0. The molecule has 0 bridgehead atoms. The largest absolute Gasteiger partial charge is 0.458 e. The minimum atomic E-state index is 0.0494. The second-order valence-electron chi connectivity index (χ2n) is 10.3. The van der Waals surface area contributed by atoms with Gasteiger partial charge in [-0.1, -0.05) is 94.8 Å².